The summed E-state index contributed by atoms with van der Waals surface area (Å²) in [5.74, 6) is -0.562. The lowest BCUT2D eigenvalue weighted by Gasteiger charge is -2.17. The second-order valence-electron chi connectivity index (χ2n) is 5.86. The number of hydrogen-bond acceptors (Lipinski definition) is 3. The van der Waals surface area contributed by atoms with Crippen LogP contribution >= 0.6 is 12.2 Å². The maximum Gasteiger partial charge on any atom is 0.275 e. The summed E-state index contributed by atoms with van der Waals surface area (Å²) in [6.45, 7) is 1.94. The van der Waals surface area contributed by atoms with Crippen molar-refractivity contribution < 1.29 is 9.18 Å². The van der Waals surface area contributed by atoms with E-state index >= 15 is 0 Å². The van der Waals surface area contributed by atoms with Crippen LogP contribution < -0.4 is 16.0 Å². The van der Waals surface area contributed by atoms with Crippen molar-refractivity contribution in [3.05, 3.63) is 78.1 Å². The largest absolute Gasteiger partial charge is 0.356 e. The van der Waals surface area contributed by atoms with Crippen molar-refractivity contribution in [1.29, 1.82) is 0 Å². The molecule has 3 aromatic rings. The lowest BCUT2D eigenvalue weighted by molar-refractivity contribution is 0.102. The molecule has 1 unspecified atom stereocenters. The minimum absolute atomic E-state index is 0.0713. The Hall–Kier alpha value is -3.26. The highest BCUT2D eigenvalue weighted by molar-refractivity contribution is 7.80. The molecule has 0 aliphatic carbocycles. The van der Waals surface area contributed by atoms with Gasteiger partial charge in [-0.2, -0.15) is 0 Å². The fourth-order valence-corrected chi connectivity index (χ4v) is 2.71. The fraction of sp³-hybridized carbons (Fsp3) is 0.105. The first-order valence-corrected chi connectivity index (χ1v) is 8.65. The second kappa shape index (κ2) is 8.41. The summed E-state index contributed by atoms with van der Waals surface area (Å²) in [7, 11) is 0. The zero-order valence-corrected chi connectivity index (χ0v) is 15.3. The summed E-state index contributed by atoms with van der Waals surface area (Å²) in [4.78, 5) is 18.6. The van der Waals surface area contributed by atoms with E-state index in [0.29, 0.717) is 16.5 Å². The molecule has 3 rings (SSSR count). The third-order valence-corrected chi connectivity index (χ3v) is 4.07. The highest BCUT2D eigenvalue weighted by Gasteiger charge is 2.09. The van der Waals surface area contributed by atoms with E-state index in [9.17, 15) is 9.18 Å². The summed E-state index contributed by atoms with van der Waals surface area (Å²) >= 11 is 5.32. The number of anilines is 2. The van der Waals surface area contributed by atoms with Crippen LogP contribution in [-0.4, -0.2) is 21.0 Å². The van der Waals surface area contributed by atoms with Gasteiger partial charge >= 0.3 is 0 Å². The van der Waals surface area contributed by atoms with Gasteiger partial charge in [-0.1, -0.05) is 12.1 Å². The van der Waals surface area contributed by atoms with E-state index in [0.717, 1.165) is 11.3 Å². The van der Waals surface area contributed by atoms with E-state index < -0.39 is 0 Å². The molecule has 0 saturated heterocycles. The highest BCUT2D eigenvalue weighted by atomic mass is 32.1. The Morgan fingerprint density at radius 1 is 1.07 bits per heavy atom. The Morgan fingerprint density at radius 3 is 2.30 bits per heavy atom. The Morgan fingerprint density at radius 2 is 1.70 bits per heavy atom. The molecule has 6 nitrogen and oxygen atoms in total. The van der Waals surface area contributed by atoms with Gasteiger partial charge in [0, 0.05) is 17.6 Å². The Labute approximate surface area is 161 Å². The monoisotopic (exact) mass is 383 g/mol. The number of hydrogen-bond donors (Lipinski definition) is 4. The Kier molecular flexibility index (Phi) is 5.77. The molecule has 27 heavy (non-hydrogen) atoms. The Balaban J connectivity index is 1.53. The third-order valence-electron chi connectivity index (χ3n) is 3.85. The van der Waals surface area contributed by atoms with Crippen molar-refractivity contribution in [2.75, 3.05) is 10.6 Å². The minimum atomic E-state index is -0.290. The number of amides is 1. The van der Waals surface area contributed by atoms with E-state index in [1.54, 1.807) is 36.4 Å². The fourth-order valence-electron chi connectivity index (χ4n) is 2.42. The minimum Gasteiger partial charge on any atom is -0.356 e. The van der Waals surface area contributed by atoms with Crippen LogP contribution in [-0.2, 0) is 0 Å². The molecule has 138 valence electrons. The Bertz CT molecular complexity index is 910. The molecule has 1 aromatic heterocycles. The molecule has 8 heteroatoms. The van der Waals surface area contributed by atoms with E-state index in [1.807, 2.05) is 6.92 Å². The topological polar surface area (TPSA) is 81.8 Å². The van der Waals surface area contributed by atoms with Crippen molar-refractivity contribution >= 4 is 34.6 Å². The maximum absolute atomic E-state index is 13.0. The molecule has 0 fully saturated rings. The highest BCUT2D eigenvalue weighted by Crippen LogP contribution is 2.16. The van der Waals surface area contributed by atoms with Crippen LogP contribution in [0.3, 0.4) is 0 Å². The standard InChI is InChI=1S/C19H18FN5OS/c1-12(13-2-4-14(20)5-3-13)23-19(27)25-16-8-6-15(7-9-16)24-18(26)17-10-21-11-22-17/h2-12H,1H3,(H,21,22)(H,24,26)(H2,23,25,27). The molecule has 4 N–H and O–H groups in total. The number of benzene rings is 2. The van der Waals surface area contributed by atoms with Gasteiger partial charge in [0.1, 0.15) is 11.5 Å². The number of imidazole rings is 1. The molecule has 0 bridgehead atoms. The van der Waals surface area contributed by atoms with Gasteiger partial charge in [-0.3, -0.25) is 4.79 Å². The first kappa shape index (κ1) is 18.5. The predicted molar refractivity (Wildman–Crippen MR) is 107 cm³/mol. The van der Waals surface area contributed by atoms with Crippen molar-refractivity contribution in [2.45, 2.75) is 13.0 Å². The molecule has 0 spiro atoms. The summed E-state index contributed by atoms with van der Waals surface area (Å²) in [6, 6.07) is 13.3. The molecule has 0 aliphatic heterocycles. The molecule has 1 atom stereocenters. The first-order chi connectivity index (χ1) is 13.0. The number of aromatic nitrogens is 2. The third kappa shape index (κ3) is 5.11. The summed E-state index contributed by atoms with van der Waals surface area (Å²) < 4.78 is 13.0. The van der Waals surface area contributed by atoms with Crippen LogP contribution in [0.2, 0.25) is 0 Å². The molecular formula is C19H18FN5OS. The SMILES string of the molecule is CC(NC(=S)Nc1ccc(NC(=O)c2c[nH]cn2)cc1)c1ccc(F)cc1. The number of halogens is 1. The van der Waals surface area contributed by atoms with Crippen molar-refractivity contribution in [3.63, 3.8) is 0 Å². The van der Waals surface area contributed by atoms with E-state index in [1.165, 1.54) is 24.7 Å². The number of nitrogens with one attached hydrogen (secondary N) is 4. The zero-order valence-electron chi connectivity index (χ0n) is 14.5. The lowest BCUT2D eigenvalue weighted by atomic mass is 10.1. The van der Waals surface area contributed by atoms with Crippen LogP contribution in [0.5, 0.6) is 0 Å². The van der Waals surface area contributed by atoms with Crippen LogP contribution in [0.1, 0.15) is 29.0 Å². The summed E-state index contributed by atoms with van der Waals surface area (Å²) in [5.41, 5.74) is 2.66. The molecule has 0 aliphatic rings. The van der Waals surface area contributed by atoms with Crippen LogP contribution in [0, 0.1) is 5.82 Å². The van der Waals surface area contributed by atoms with Gasteiger partial charge in [-0.25, -0.2) is 9.37 Å². The van der Waals surface area contributed by atoms with Crippen molar-refractivity contribution in [1.82, 2.24) is 15.3 Å². The number of nitrogens with zero attached hydrogens (tertiary/aromatic N) is 1. The summed E-state index contributed by atoms with van der Waals surface area (Å²) in [5, 5.41) is 9.42. The maximum atomic E-state index is 13.0. The molecule has 1 amide bonds. The van der Waals surface area contributed by atoms with Gasteiger partial charge in [0.05, 0.1) is 12.4 Å². The molecule has 0 saturated carbocycles. The van der Waals surface area contributed by atoms with Crippen LogP contribution in [0.25, 0.3) is 0 Å². The molecule has 0 radical (unpaired) electrons. The number of H-pyrrole nitrogens is 1. The van der Waals surface area contributed by atoms with Gasteiger partial charge in [0.2, 0.25) is 0 Å². The predicted octanol–water partition coefficient (Wildman–Crippen LogP) is 3.85. The molecular weight excluding hydrogens is 365 g/mol. The van der Waals surface area contributed by atoms with Crippen molar-refractivity contribution in [3.8, 4) is 0 Å². The normalized spacial score (nSPS) is 11.5. The van der Waals surface area contributed by atoms with Gasteiger partial charge < -0.3 is 20.9 Å². The number of rotatable bonds is 5. The van der Waals surface area contributed by atoms with Crippen molar-refractivity contribution in [2.24, 2.45) is 0 Å². The first-order valence-electron chi connectivity index (χ1n) is 8.24. The number of carbonyl (C=O) groups is 1. The van der Waals surface area contributed by atoms with Crippen LogP contribution in [0.15, 0.2) is 61.1 Å². The van der Waals surface area contributed by atoms with E-state index in [-0.39, 0.29) is 17.8 Å². The molecule has 2 aromatic carbocycles. The number of aromatic amines is 1. The smallest absolute Gasteiger partial charge is 0.275 e. The summed E-state index contributed by atoms with van der Waals surface area (Å²) in [6.07, 6.45) is 2.97. The van der Waals surface area contributed by atoms with Gasteiger partial charge in [0.15, 0.2) is 5.11 Å². The van der Waals surface area contributed by atoms with Crippen LogP contribution in [0.4, 0.5) is 15.8 Å². The average molecular weight is 383 g/mol. The average Bonchev–Trinajstić information content (AvgIpc) is 3.18. The zero-order chi connectivity index (χ0) is 19.2. The van der Waals surface area contributed by atoms with E-state index in [4.69, 9.17) is 12.2 Å². The second-order valence-corrected chi connectivity index (χ2v) is 6.27. The van der Waals surface area contributed by atoms with Gasteiger partial charge in [-0.15, -0.1) is 0 Å². The lowest BCUT2D eigenvalue weighted by Crippen LogP contribution is -2.30. The molecule has 1 heterocycles. The quantitative estimate of drug-likeness (QED) is 0.503. The van der Waals surface area contributed by atoms with Gasteiger partial charge in [0.25, 0.3) is 5.91 Å². The number of thiocarbonyl (C=S) groups is 1. The number of carbonyl (C=O) groups excluding carboxylic acids is 1. The van der Waals surface area contributed by atoms with E-state index in [2.05, 4.69) is 25.9 Å². The van der Waals surface area contributed by atoms with Gasteiger partial charge in [-0.05, 0) is 61.1 Å².